The zero-order valence-electron chi connectivity index (χ0n) is 12.7. The number of aryl methyl sites for hydroxylation is 1. The first-order valence-electron chi connectivity index (χ1n) is 7.39. The van der Waals surface area contributed by atoms with Gasteiger partial charge >= 0.3 is 0 Å². The van der Waals surface area contributed by atoms with E-state index in [2.05, 4.69) is 80.6 Å². The fourth-order valence-electron chi connectivity index (χ4n) is 2.15. The van der Waals surface area contributed by atoms with Crippen molar-refractivity contribution in [1.82, 2.24) is 0 Å². The van der Waals surface area contributed by atoms with Crippen LogP contribution in [0.1, 0.15) is 18.1 Å². The molecule has 0 radical (unpaired) electrons. The van der Waals surface area contributed by atoms with E-state index in [1.165, 1.54) is 16.7 Å². The molecule has 2 aromatic rings. The quantitative estimate of drug-likeness (QED) is 0.614. The van der Waals surface area contributed by atoms with E-state index >= 15 is 0 Å². The maximum absolute atomic E-state index is 2.29. The van der Waals surface area contributed by atoms with Gasteiger partial charge in [0.2, 0.25) is 0 Å². The summed E-state index contributed by atoms with van der Waals surface area (Å²) in [6, 6.07) is 20.8. The number of hydrogen-bond donors (Lipinski definition) is 0. The van der Waals surface area contributed by atoms with Gasteiger partial charge in [0.25, 0.3) is 0 Å². The van der Waals surface area contributed by atoms with Gasteiger partial charge < -0.3 is 0 Å². The van der Waals surface area contributed by atoms with Crippen LogP contribution in [0.15, 0.2) is 91.0 Å². The van der Waals surface area contributed by atoms with Crippen molar-refractivity contribution < 1.29 is 0 Å². The summed E-state index contributed by atoms with van der Waals surface area (Å²) in [7, 11) is 0. The summed E-state index contributed by atoms with van der Waals surface area (Å²) >= 11 is 0. The van der Waals surface area contributed by atoms with Gasteiger partial charge in [0.15, 0.2) is 0 Å². The second-order valence-electron chi connectivity index (χ2n) is 5.25. The molecule has 0 nitrogen and oxygen atoms in total. The normalized spacial score (nSPS) is 16.5. The van der Waals surface area contributed by atoms with Gasteiger partial charge in [0.05, 0.1) is 0 Å². The molecule has 3 rings (SSSR count). The average molecular weight is 274 g/mol. The number of benzene rings is 2. The summed E-state index contributed by atoms with van der Waals surface area (Å²) in [5.74, 6) is 0.514. The molecule has 21 heavy (non-hydrogen) atoms. The Morgan fingerprint density at radius 3 is 1.95 bits per heavy atom. The second-order valence-corrected chi connectivity index (χ2v) is 5.25. The first-order valence-corrected chi connectivity index (χ1v) is 7.39. The van der Waals surface area contributed by atoms with Crippen LogP contribution < -0.4 is 0 Å². The zero-order chi connectivity index (χ0) is 14.9. The number of hydrogen-bond acceptors (Lipinski definition) is 0. The van der Waals surface area contributed by atoms with Crippen molar-refractivity contribution in [3.8, 4) is 0 Å². The standard InChI is InChI=1S/C14H14.C7H8/c1-12-7-5-6-10-14(11-12)13-8-3-2-4-9-13;1-7-5-3-2-4-6-7/h2-12H,1H3;2-6H,1H3. The zero-order valence-corrected chi connectivity index (χ0v) is 12.7. The summed E-state index contributed by atoms with van der Waals surface area (Å²) in [4.78, 5) is 0. The Balaban J connectivity index is 0.000000194. The molecule has 0 heterocycles. The molecule has 1 atom stereocenters. The van der Waals surface area contributed by atoms with E-state index in [1.54, 1.807) is 0 Å². The highest BCUT2D eigenvalue weighted by atomic mass is 14.1. The van der Waals surface area contributed by atoms with Gasteiger partial charge in [-0.1, -0.05) is 104 Å². The van der Waals surface area contributed by atoms with Crippen molar-refractivity contribution in [3.05, 3.63) is 102 Å². The first-order chi connectivity index (χ1) is 10.3. The molecule has 0 heteroatoms. The van der Waals surface area contributed by atoms with Gasteiger partial charge in [-0.3, -0.25) is 0 Å². The van der Waals surface area contributed by atoms with Crippen LogP contribution in [0.2, 0.25) is 0 Å². The number of rotatable bonds is 1. The van der Waals surface area contributed by atoms with E-state index in [0.29, 0.717) is 5.92 Å². The summed E-state index contributed by atoms with van der Waals surface area (Å²) < 4.78 is 0. The maximum Gasteiger partial charge on any atom is -0.00696 e. The van der Waals surface area contributed by atoms with Crippen LogP contribution in [0.3, 0.4) is 0 Å². The van der Waals surface area contributed by atoms with Crippen molar-refractivity contribution in [2.45, 2.75) is 13.8 Å². The van der Waals surface area contributed by atoms with E-state index in [9.17, 15) is 0 Å². The lowest BCUT2D eigenvalue weighted by molar-refractivity contribution is 0.945. The molecular formula is C21H22. The predicted octanol–water partition coefficient (Wildman–Crippen LogP) is 5.83. The SMILES string of the molecule is CC1C=CC=CC(c2ccccc2)=C1.Cc1ccccc1. The van der Waals surface area contributed by atoms with Crippen molar-refractivity contribution in [2.75, 3.05) is 0 Å². The van der Waals surface area contributed by atoms with Gasteiger partial charge in [0.1, 0.15) is 0 Å². The van der Waals surface area contributed by atoms with Gasteiger partial charge in [-0.15, -0.1) is 0 Å². The minimum absolute atomic E-state index is 0.514. The smallest absolute Gasteiger partial charge is 0.00696 e. The molecule has 0 aromatic heterocycles. The molecule has 0 aliphatic heterocycles. The van der Waals surface area contributed by atoms with E-state index in [1.807, 2.05) is 24.3 Å². The van der Waals surface area contributed by atoms with Crippen LogP contribution in [-0.2, 0) is 0 Å². The Bertz CT molecular complexity index is 616. The molecule has 0 amide bonds. The van der Waals surface area contributed by atoms with Crippen LogP contribution in [0.5, 0.6) is 0 Å². The highest BCUT2D eigenvalue weighted by Gasteiger charge is 2.00. The lowest BCUT2D eigenvalue weighted by atomic mass is 10.0. The summed E-state index contributed by atoms with van der Waals surface area (Å²) in [6.07, 6.45) is 10.9. The number of allylic oxidation sites excluding steroid dienone is 6. The van der Waals surface area contributed by atoms with E-state index in [4.69, 9.17) is 0 Å². The Kier molecular flexibility index (Phi) is 5.78. The van der Waals surface area contributed by atoms with Crippen LogP contribution in [0.25, 0.3) is 5.57 Å². The van der Waals surface area contributed by atoms with E-state index in [-0.39, 0.29) is 0 Å². The molecule has 2 aromatic carbocycles. The van der Waals surface area contributed by atoms with E-state index < -0.39 is 0 Å². The third-order valence-corrected chi connectivity index (χ3v) is 3.29. The van der Waals surface area contributed by atoms with Crippen LogP contribution in [-0.4, -0.2) is 0 Å². The topological polar surface area (TPSA) is 0 Å². The van der Waals surface area contributed by atoms with Crippen molar-refractivity contribution in [2.24, 2.45) is 5.92 Å². The second kappa shape index (κ2) is 8.06. The Hall–Kier alpha value is -2.34. The molecular weight excluding hydrogens is 252 g/mol. The molecule has 106 valence electrons. The lowest BCUT2D eigenvalue weighted by Gasteiger charge is -2.03. The third-order valence-electron chi connectivity index (χ3n) is 3.29. The summed E-state index contributed by atoms with van der Waals surface area (Å²) in [5.41, 5.74) is 3.92. The predicted molar refractivity (Wildman–Crippen MR) is 93.0 cm³/mol. The van der Waals surface area contributed by atoms with E-state index in [0.717, 1.165) is 0 Å². The molecule has 0 saturated carbocycles. The van der Waals surface area contributed by atoms with Crippen molar-refractivity contribution >= 4 is 5.57 Å². The maximum atomic E-state index is 2.29. The van der Waals surface area contributed by atoms with Crippen molar-refractivity contribution in [1.29, 1.82) is 0 Å². The molecule has 0 fully saturated rings. The molecule has 0 spiro atoms. The molecule has 1 unspecified atom stereocenters. The average Bonchev–Trinajstić information content (AvgIpc) is 2.74. The molecule has 0 N–H and O–H groups in total. The lowest BCUT2D eigenvalue weighted by Crippen LogP contribution is -1.85. The Morgan fingerprint density at radius 2 is 1.38 bits per heavy atom. The minimum atomic E-state index is 0.514. The highest BCUT2D eigenvalue weighted by molar-refractivity contribution is 5.75. The first kappa shape index (κ1) is 15.1. The third kappa shape index (κ3) is 5.27. The minimum Gasteiger partial charge on any atom is -0.0779 e. The van der Waals surface area contributed by atoms with Gasteiger partial charge in [0, 0.05) is 0 Å². The Morgan fingerprint density at radius 1 is 0.762 bits per heavy atom. The van der Waals surface area contributed by atoms with Gasteiger partial charge in [-0.05, 0) is 24.0 Å². The molecule has 0 bridgehead atoms. The summed E-state index contributed by atoms with van der Waals surface area (Å²) in [5, 5.41) is 0. The van der Waals surface area contributed by atoms with Crippen LogP contribution in [0.4, 0.5) is 0 Å². The van der Waals surface area contributed by atoms with Gasteiger partial charge in [-0.25, -0.2) is 0 Å². The largest absolute Gasteiger partial charge is 0.0779 e. The summed E-state index contributed by atoms with van der Waals surface area (Å²) in [6.45, 7) is 4.28. The monoisotopic (exact) mass is 274 g/mol. The van der Waals surface area contributed by atoms with Crippen LogP contribution >= 0.6 is 0 Å². The molecule has 1 aliphatic carbocycles. The fourth-order valence-corrected chi connectivity index (χ4v) is 2.15. The highest BCUT2D eigenvalue weighted by Crippen LogP contribution is 2.20. The fraction of sp³-hybridized carbons (Fsp3) is 0.143. The van der Waals surface area contributed by atoms with Crippen molar-refractivity contribution in [3.63, 3.8) is 0 Å². The molecule has 1 aliphatic rings. The van der Waals surface area contributed by atoms with Gasteiger partial charge in [-0.2, -0.15) is 0 Å². The Labute approximate surface area is 128 Å². The van der Waals surface area contributed by atoms with Crippen LogP contribution in [0, 0.1) is 12.8 Å². The molecule has 0 saturated heterocycles.